The monoisotopic (exact) mass is 517 g/mol. The van der Waals surface area contributed by atoms with Gasteiger partial charge in [-0.2, -0.15) is 13.2 Å². The van der Waals surface area contributed by atoms with E-state index in [0.29, 0.717) is 34.1 Å². The number of halogens is 3. The minimum absolute atomic E-state index is 0.228. The normalized spacial score (nSPS) is 15.8. The molecule has 1 N–H and O–H groups in total. The summed E-state index contributed by atoms with van der Waals surface area (Å²) in [4.78, 5) is 36.7. The summed E-state index contributed by atoms with van der Waals surface area (Å²) in [5.74, 6) is -0.130. The van der Waals surface area contributed by atoms with Crippen LogP contribution in [0, 0.1) is 0 Å². The molecule has 3 aromatic rings. The number of aromatic nitrogens is 2. The summed E-state index contributed by atoms with van der Waals surface area (Å²) >= 11 is -1.19. The molecule has 36 heavy (non-hydrogen) atoms. The molecule has 0 bridgehead atoms. The first-order valence-corrected chi connectivity index (χ1v) is 12.3. The number of hydrogen-bond acceptors (Lipinski definition) is 6. The van der Waals surface area contributed by atoms with Crippen LogP contribution in [0.4, 0.5) is 24.8 Å². The van der Waals surface area contributed by atoms with Gasteiger partial charge in [-0.25, -0.2) is 9.97 Å². The zero-order chi connectivity index (χ0) is 26.0. The average Bonchev–Trinajstić information content (AvgIpc) is 3.22. The maximum atomic E-state index is 13.0. The fourth-order valence-corrected chi connectivity index (χ4v) is 4.53. The van der Waals surface area contributed by atoms with Gasteiger partial charge in [0.15, 0.2) is 4.90 Å². The Hall–Kier alpha value is -3.64. The lowest BCUT2D eigenvalue weighted by Crippen LogP contribution is -2.31. The van der Waals surface area contributed by atoms with Gasteiger partial charge >= 0.3 is 6.18 Å². The summed E-state index contributed by atoms with van der Waals surface area (Å²) in [5, 5.41) is 2.71. The van der Waals surface area contributed by atoms with Crippen molar-refractivity contribution in [3.05, 3.63) is 77.1 Å². The Balaban J connectivity index is 1.42. The molecule has 0 saturated carbocycles. The first kappa shape index (κ1) is 25.5. The predicted octanol–water partition coefficient (Wildman–Crippen LogP) is 3.52. The van der Waals surface area contributed by atoms with Gasteiger partial charge in [0.1, 0.15) is 12.3 Å². The Morgan fingerprint density at radius 2 is 1.89 bits per heavy atom. The van der Waals surface area contributed by atoms with E-state index < -0.39 is 34.9 Å². The Morgan fingerprint density at radius 3 is 2.47 bits per heavy atom. The van der Waals surface area contributed by atoms with Crippen molar-refractivity contribution in [1.82, 2.24) is 14.9 Å². The molecule has 1 aromatic heterocycles. The van der Waals surface area contributed by atoms with Crippen molar-refractivity contribution in [1.29, 1.82) is 0 Å². The molecular formula is C24H22F3N5O3S. The number of nitrogens with one attached hydrogen (secondary N) is 1. The van der Waals surface area contributed by atoms with E-state index >= 15 is 0 Å². The van der Waals surface area contributed by atoms with Gasteiger partial charge < -0.3 is 19.7 Å². The zero-order valence-electron chi connectivity index (χ0n) is 19.3. The molecule has 1 aliphatic rings. The number of alkyl halides is 3. The summed E-state index contributed by atoms with van der Waals surface area (Å²) in [5.41, 5.74) is 1.66. The number of rotatable bonds is 7. The van der Waals surface area contributed by atoms with Crippen molar-refractivity contribution in [3.63, 3.8) is 0 Å². The fraction of sp³-hybridized carbons (Fsp3) is 0.250. The van der Waals surface area contributed by atoms with E-state index in [-0.39, 0.29) is 13.1 Å². The molecule has 0 radical (unpaired) electrons. The minimum Gasteiger partial charge on any atom is -0.612 e. The summed E-state index contributed by atoms with van der Waals surface area (Å²) in [7, 11) is 1.69. The van der Waals surface area contributed by atoms with E-state index in [1.807, 2.05) is 0 Å². The van der Waals surface area contributed by atoms with E-state index in [1.165, 1.54) is 29.4 Å². The molecule has 0 aliphatic carbocycles. The number of hydrogen-bond donors (Lipinski definition) is 1. The van der Waals surface area contributed by atoms with Crippen molar-refractivity contribution >= 4 is 35.1 Å². The molecule has 1 aliphatic heterocycles. The minimum atomic E-state index is -4.39. The molecule has 2 amide bonds. The van der Waals surface area contributed by atoms with Crippen molar-refractivity contribution in [2.24, 2.45) is 0 Å². The maximum Gasteiger partial charge on any atom is 0.416 e. The lowest BCUT2D eigenvalue weighted by molar-refractivity contribution is -0.137. The highest BCUT2D eigenvalue weighted by Gasteiger charge is 2.35. The summed E-state index contributed by atoms with van der Waals surface area (Å²) in [6, 6.07) is 9.10. The smallest absolute Gasteiger partial charge is 0.416 e. The summed E-state index contributed by atoms with van der Waals surface area (Å²) in [6.45, 7) is 0.508. The van der Waals surface area contributed by atoms with E-state index in [2.05, 4.69) is 15.3 Å². The first-order chi connectivity index (χ1) is 17.1. The molecule has 2 unspecified atom stereocenters. The number of nitrogens with zero attached hydrogens (tertiary/aromatic N) is 4. The SMILES string of the molecule is CN(Cc1ccc(C(F)(F)F)cc1)c1ncc(NC(=O)C2c3ccc([S+](C)[O-])cc3CN2C=O)cn1. The van der Waals surface area contributed by atoms with Crippen LogP contribution in [0.5, 0.6) is 0 Å². The molecule has 2 heterocycles. The number of fused-ring (bicyclic) bond motifs is 1. The van der Waals surface area contributed by atoms with Crippen molar-refractivity contribution < 1.29 is 27.3 Å². The van der Waals surface area contributed by atoms with Crippen LogP contribution in [-0.2, 0) is 40.0 Å². The fourth-order valence-electron chi connectivity index (χ4n) is 3.96. The van der Waals surface area contributed by atoms with Crippen LogP contribution in [0.25, 0.3) is 0 Å². The van der Waals surface area contributed by atoms with Crippen molar-refractivity contribution in [2.75, 3.05) is 23.5 Å². The van der Waals surface area contributed by atoms with Gasteiger partial charge in [0.2, 0.25) is 12.4 Å². The topological polar surface area (TPSA) is 101 Å². The Kier molecular flexibility index (Phi) is 7.18. The summed E-state index contributed by atoms with van der Waals surface area (Å²) in [6.07, 6.45) is 0.587. The largest absolute Gasteiger partial charge is 0.612 e. The second-order valence-corrected chi connectivity index (χ2v) is 9.69. The molecule has 8 nitrogen and oxygen atoms in total. The average molecular weight is 518 g/mol. The number of amides is 2. The predicted molar refractivity (Wildman–Crippen MR) is 127 cm³/mol. The Labute approximate surface area is 208 Å². The van der Waals surface area contributed by atoms with Crippen LogP contribution in [0.3, 0.4) is 0 Å². The molecule has 4 rings (SSSR count). The molecule has 2 atom stereocenters. The zero-order valence-corrected chi connectivity index (χ0v) is 20.1. The molecule has 0 saturated heterocycles. The van der Waals surface area contributed by atoms with E-state index in [9.17, 15) is 27.3 Å². The molecule has 2 aromatic carbocycles. The third-order valence-corrected chi connectivity index (χ3v) is 6.68. The van der Waals surface area contributed by atoms with Gasteiger partial charge in [0.25, 0.3) is 5.91 Å². The van der Waals surface area contributed by atoms with Gasteiger partial charge in [-0.3, -0.25) is 9.59 Å². The quantitative estimate of drug-likeness (QED) is 0.380. The highest BCUT2D eigenvalue weighted by Crippen LogP contribution is 2.35. The van der Waals surface area contributed by atoms with Gasteiger partial charge in [-0.05, 0) is 52.1 Å². The highest BCUT2D eigenvalue weighted by atomic mass is 32.2. The third kappa shape index (κ3) is 5.44. The van der Waals surface area contributed by atoms with Crippen molar-refractivity contribution in [3.8, 4) is 0 Å². The second kappa shape index (κ2) is 10.2. The number of benzene rings is 2. The van der Waals surface area contributed by atoms with Crippen LogP contribution < -0.4 is 10.2 Å². The van der Waals surface area contributed by atoms with Gasteiger partial charge in [0.05, 0.1) is 23.6 Å². The highest BCUT2D eigenvalue weighted by molar-refractivity contribution is 7.90. The van der Waals surface area contributed by atoms with Crippen LogP contribution in [0.1, 0.15) is 28.3 Å². The van der Waals surface area contributed by atoms with Crippen LogP contribution >= 0.6 is 0 Å². The standard InChI is InChI=1S/C24H22F3N5O3S/c1-31(12-15-3-5-17(6-4-15)24(25,26)27)23-28-10-18(11-29-23)30-22(34)21-20-8-7-19(36(2)35)9-16(20)13-32(21)14-33/h3-11,14,21H,12-13H2,1-2H3,(H,30,34). The molecule has 12 heteroatoms. The lowest BCUT2D eigenvalue weighted by Gasteiger charge is -2.20. The van der Waals surface area contributed by atoms with Gasteiger partial charge in [-0.1, -0.05) is 18.2 Å². The molecular weight excluding hydrogens is 495 g/mol. The van der Waals surface area contributed by atoms with E-state index in [1.54, 1.807) is 36.4 Å². The number of carbonyl (C=O) groups is 2. The van der Waals surface area contributed by atoms with Crippen LogP contribution in [0.2, 0.25) is 0 Å². The molecule has 0 spiro atoms. The number of carbonyl (C=O) groups excluding carboxylic acids is 2. The third-order valence-electron chi connectivity index (χ3n) is 5.76. The second-order valence-electron chi connectivity index (χ2n) is 8.31. The van der Waals surface area contributed by atoms with Crippen molar-refractivity contribution in [2.45, 2.75) is 30.2 Å². The number of anilines is 2. The first-order valence-electron chi connectivity index (χ1n) is 10.7. The van der Waals surface area contributed by atoms with Crippen LogP contribution in [0.15, 0.2) is 59.8 Å². The van der Waals surface area contributed by atoms with Gasteiger partial charge in [-0.15, -0.1) is 0 Å². The molecule has 188 valence electrons. The molecule has 0 fully saturated rings. The Morgan fingerprint density at radius 1 is 1.22 bits per heavy atom. The van der Waals surface area contributed by atoms with E-state index in [4.69, 9.17) is 0 Å². The maximum absolute atomic E-state index is 13.0. The summed E-state index contributed by atoms with van der Waals surface area (Å²) < 4.78 is 50.0. The lowest BCUT2D eigenvalue weighted by atomic mass is 10.0. The van der Waals surface area contributed by atoms with E-state index in [0.717, 1.165) is 17.7 Å². The van der Waals surface area contributed by atoms with Crippen LogP contribution in [-0.4, -0.2) is 45.0 Å². The Bertz CT molecular complexity index is 1250. The van der Waals surface area contributed by atoms with Gasteiger partial charge in [0, 0.05) is 20.1 Å².